The lowest BCUT2D eigenvalue weighted by Gasteiger charge is -2.04. The molecule has 0 spiro atoms. The molecule has 0 bridgehead atoms. The van der Waals surface area contributed by atoms with Crippen LogP contribution >= 0.6 is 11.8 Å². The van der Waals surface area contributed by atoms with Gasteiger partial charge in [0.2, 0.25) is 0 Å². The molecule has 0 atom stereocenters. The zero-order chi connectivity index (χ0) is 16.7. The first-order valence-electron chi connectivity index (χ1n) is 8.08. The summed E-state index contributed by atoms with van der Waals surface area (Å²) < 4.78 is 17.5. The predicted octanol–water partition coefficient (Wildman–Crippen LogP) is 4.25. The van der Waals surface area contributed by atoms with E-state index < -0.39 is 0 Å². The third kappa shape index (κ3) is 2.31. The molecule has 2 aromatic heterocycles. The molecular weight excluding hydrogens is 321 g/mol. The van der Waals surface area contributed by atoms with Gasteiger partial charge in [-0.3, -0.25) is 0 Å². The number of thioether (sulfide) groups is 1. The van der Waals surface area contributed by atoms with Crippen LogP contribution in [-0.4, -0.2) is 10.3 Å². The second-order valence-electron chi connectivity index (χ2n) is 5.82. The molecule has 0 aliphatic heterocycles. The molecule has 0 radical (unpaired) electrons. The van der Waals surface area contributed by atoms with Crippen molar-refractivity contribution in [2.75, 3.05) is 5.75 Å². The summed E-state index contributed by atoms with van der Waals surface area (Å²) >= 11 is 1.82. The Kier molecular flexibility index (Phi) is 3.81. The van der Waals surface area contributed by atoms with Crippen LogP contribution in [0.1, 0.15) is 18.9 Å². The first kappa shape index (κ1) is 15.3. The molecule has 4 rings (SSSR count). The van der Waals surface area contributed by atoms with Gasteiger partial charge in [0, 0.05) is 28.0 Å². The Morgan fingerprint density at radius 3 is 2.62 bits per heavy atom. The topological polar surface area (TPSA) is 22.6 Å². The van der Waals surface area contributed by atoms with Crippen molar-refractivity contribution in [3.05, 3.63) is 59.9 Å². The Morgan fingerprint density at radius 1 is 1.12 bits per heavy atom. The summed E-state index contributed by atoms with van der Waals surface area (Å²) in [6.07, 6.45) is 1.11. The fraction of sp³-hybridized carbons (Fsp3) is 0.211. The first-order chi connectivity index (χ1) is 11.7. The Hall–Kier alpha value is -2.27. The van der Waals surface area contributed by atoms with Gasteiger partial charge in [-0.1, -0.05) is 55.1 Å². The molecule has 3 nitrogen and oxygen atoms in total. The summed E-state index contributed by atoms with van der Waals surface area (Å²) in [7, 11) is 0. The van der Waals surface area contributed by atoms with E-state index in [0.717, 1.165) is 39.5 Å². The molecule has 2 aromatic carbocycles. The van der Waals surface area contributed by atoms with E-state index in [9.17, 15) is 4.39 Å². The second kappa shape index (κ2) is 5.98. The van der Waals surface area contributed by atoms with E-state index in [4.69, 9.17) is 5.10 Å². The van der Waals surface area contributed by atoms with Gasteiger partial charge in [0.1, 0.15) is 5.82 Å². The number of aromatic nitrogens is 3. The smallest absolute Gasteiger partial charge is 0.216 e. The van der Waals surface area contributed by atoms with Gasteiger partial charge >= 0.3 is 0 Å². The van der Waals surface area contributed by atoms with Gasteiger partial charge in [0.25, 0.3) is 5.03 Å². The van der Waals surface area contributed by atoms with Crippen LogP contribution < -0.4 is 9.73 Å². The molecule has 0 saturated carbocycles. The van der Waals surface area contributed by atoms with Crippen molar-refractivity contribution in [2.45, 2.75) is 25.3 Å². The van der Waals surface area contributed by atoms with Crippen molar-refractivity contribution in [1.82, 2.24) is 9.61 Å². The summed E-state index contributed by atoms with van der Waals surface area (Å²) in [6, 6.07) is 14.8. The van der Waals surface area contributed by atoms with Crippen LogP contribution in [0.5, 0.6) is 0 Å². The van der Waals surface area contributed by atoms with Crippen molar-refractivity contribution in [2.24, 2.45) is 0 Å². The maximum atomic E-state index is 13.4. The lowest BCUT2D eigenvalue weighted by atomic mass is 10.1. The largest absolute Gasteiger partial charge is 0.263 e. The van der Waals surface area contributed by atoms with Crippen LogP contribution in [0.3, 0.4) is 0 Å². The number of rotatable bonds is 4. The highest BCUT2D eigenvalue weighted by atomic mass is 32.2. The third-order valence-electron chi connectivity index (χ3n) is 4.13. The van der Waals surface area contributed by atoms with Gasteiger partial charge in [-0.25, -0.2) is 8.91 Å². The zero-order valence-corrected chi connectivity index (χ0v) is 14.5. The molecule has 24 heavy (non-hydrogen) atoms. The normalized spacial score (nSPS) is 11.6. The summed E-state index contributed by atoms with van der Waals surface area (Å²) in [5.74, 6) is 0.822. The van der Waals surface area contributed by atoms with Gasteiger partial charge in [0.15, 0.2) is 0 Å². The maximum absolute atomic E-state index is 13.4. The highest BCUT2D eigenvalue weighted by molar-refractivity contribution is 7.99. The Labute approximate surface area is 144 Å². The molecule has 122 valence electrons. The molecule has 0 fully saturated rings. The Balaban J connectivity index is 2.06. The highest BCUT2D eigenvalue weighted by Crippen LogP contribution is 2.31. The fourth-order valence-electron chi connectivity index (χ4n) is 3.05. The monoisotopic (exact) mass is 339 g/mol. The number of para-hydroxylation sites is 1. The van der Waals surface area contributed by atoms with E-state index >= 15 is 0 Å². The minimum Gasteiger partial charge on any atom is -0.216 e. The van der Waals surface area contributed by atoms with E-state index in [1.165, 1.54) is 17.7 Å². The van der Waals surface area contributed by atoms with E-state index in [1.807, 2.05) is 46.7 Å². The number of hydrogen-bond donors (Lipinski definition) is 0. The molecule has 0 unspecified atom stereocenters. The lowest BCUT2D eigenvalue weighted by Crippen LogP contribution is -2.32. The van der Waals surface area contributed by atoms with Crippen molar-refractivity contribution in [3.63, 3.8) is 0 Å². The van der Waals surface area contributed by atoms with Crippen molar-refractivity contribution >= 4 is 22.8 Å². The fourth-order valence-corrected chi connectivity index (χ4v) is 4.00. The average molecular weight is 339 g/mol. The van der Waals surface area contributed by atoms with Crippen LogP contribution in [0.25, 0.3) is 22.3 Å². The van der Waals surface area contributed by atoms with Crippen LogP contribution in [0.15, 0.2) is 53.6 Å². The van der Waals surface area contributed by atoms with Gasteiger partial charge < -0.3 is 0 Å². The maximum Gasteiger partial charge on any atom is 0.263 e. The van der Waals surface area contributed by atoms with E-state index in [1.54, 1.807) is 0 Å². The molecule has 5 heteroatoms. The molecule has 0 aliphatic carbocycles. The molecular formula is C19H18FN3S. The molecule has 4 aromatic rings. The van der Waals surface area contributed by atoms with Gasteiger partial charge in [-0.05, 0) is 31.0 Å². The van der Waals surface area contributed by atoms with Crippen LogP contribution in [0.2, 0.25) is 0 Å². The molecule has 0 aliphatic rings. The number of hydrogen-bond acceptors (Lipinski definition) is 1. The lowest BCUT2D eigenvalue weighted by molar-refractivity contribution is -0.708. The van der Waals surface area contributed by atoms with Crippen molar-refractivity contribution < 1.29 is 9.02 Å². The molecule has 0 amide bonds. The molecule has 0 N–H and O–H groups in total. The molecule has 2 heterocycles. The SMILES string of the molecule is CCCSc1c(C)c(-c2ccc(F)cc2)n2c3ccccc3[n-][n+]12. The average Bonchev–Trinajstić information content (AvgIpc) is 3.08. The number of benzene rings is 2. The highest BCUT2D eigenvalue weighted by Gasteiger charge is 2.22. The van der Waals surface area contributed by atoms with Crippen molar-refractivity contribution in [3.8, 4) is 11.3 Å². The van der Waals surface area contributed by atoms with Crippen LogP contribution in [0.4, 0.5) is 4.39 Å². The summed E-state index contributed by atoms with van der Waals surface area (Å²) in [6.45, 7) is 4.29. The van der Waals surface area contributed by atoms with Crippen molar-refractivity contribution in [1.29, 1.82) is 0 Å². The summed E-state index contributed by atoms with van der Waals surface area (Å²) in [5, 5.41) is 5.92. The van der Waals surface area contributed by atoms with E-state index in [0.29, 0.717) is 0 Å². The predicted molar refractivity (Wildman–Crippen MR) is 95.0 cm³/mol. The Morgan fingerprint density at radius 2 is 1.88 bits per heavy atom. The number of nitrogens with zero attached hydrogens (tertiary/aromatic N) is 3. The van der Waals surface area contributed by atoms with Gasteiger partial charge in [-0.2, -0.15) is 5.10 Å². The van der Waals surface area contributed by atoms with Gasteiger partial charge in [0.05, 0.1) is 0 Å². The second-order valence-corrected chi connectivity index (χ2v) is 6.91. The third-order valence-corrected chi connectivity index (χ3v) is 5.49. The van der Waals surface area contributed by atoms with Crippen LogP contribution in [-0.2, 0) is 0 Å². The minimum atomic E-state index is -0.220. The zero-order valence-electron chi connectivity index (χ0n) is 13.7. The summed E-state index contributed by atoms with van der Waals surface area (Å²) in [5.41, 5.74) is 5.26. The standard InChI is InChI=1S/C19H18FN3S/c1-3-12-24-19-13(2)18(14-8-10-15(20)11-9-14)22-17-7-5-4-6-16(17)21-23(19)22/h4-11H,3,12H2,1-2H3. The van der Waals surface area contributed by atoms with E-state index in [2.05, 4.69) is 24.4 Å². The quantitative estimate of drug-likeness (QED) is 0.410. The number of fused-ring (bicyclic) bond motifs is 3. The molecule has 0 saturated heterocycles. The summed E-state index contributed by atoms with van der Waals surface area (Å²) in [4.78, 5) is 0. The van der Waals surface area contributed by atoms with Crippen LogP contribution in [0, 0.1) is 12.7 Å². The minimum absolute atomic E-state index is 0.220. The number of halogens is 1. The van der Waals surface area contributed by atoms with E-state index in [-0.39, 0.29) is 5.82 Å². The first-order valence-corrected chi connectivity index (χ1v) is 9.07. The van der Waals surface area contributed by atoms with Gasteiger partial charge in [-0.15, -0.1) is 4.63 Å². The Bertz CT molecular complexity index is 1010.